The molecule has 0 aliphatic carbocycles. The second kappa shape index (κ2) is 12.6. The van der Waals surface area contributed by atoms with Gasteiger partial charge in [0.05, 0.1) is 12.0 Å². The lowest BCUT2D eigenvalue weighted by molar-refractivity contribution is -0.118. The van der Waals surface area contributed by atoms with Crippen molar-refractivity contribution in [2.24, 2.45) is 5.10 Å². The van der Waals surface area contributed by atoms with Crippen molar-refractivity contribution in [3.05, 3.63) is 95.0 Å². The molecule has 0 bridgehead atoms. The second-order valence-electron chi connectivity index (χ2n) is 6.78. The van der Waals surface area contributed by atoms with E-state index >= 15 is 0 Å². The molecule has 10 heteroatoms. The highest BCUT2D eigenvalue weighted by Crippen LogP contribution is 2.32. The standard InChI is InChI=1S/C24H19ClN4O2S3/c25-21-12-5-4-8-18(21)15-32-23-28-29-24(34-23)33-16-22(30)27-26-14-17-7-6-11-20(13-17)31-19-9-2-1-3-10-19/h1-14H,15-16H2,(H,27,30). The fourth-order valence-corrected chi connectivity index (χ4v) is 5.79. The Hall–Kier alpha value is -2.85. The lowest BCUT2D eigenvalue weighted by Gasteiger charge is -2.05. The average molecular weight is 527 g/mol. The van der Waals surface area contributed by atoms with Crippen LogP contribution in [0.3, 0.4) is 0 Å². The van der Waals surface area contributed by atoms with Crippen molar-refractivity contribution in [2.75, 3.05) is 5.75 Å². The first-order valence-electron chi connectivity index (χ1n) is 10.1. The zero-order valence-corrected chi connectivity index (χ0v) is 21.0. The van der Waals surface area contributed by atoms with E-state index in [0.717, 1.165) is 30.6 Å². The number of hydrogen-bond donors (Lipinski definition) is 1. The van der Waals surface area contributed by atoms with Gasteiger partial charge < -0.3 is 4.74 Å². The number of aromatic nitrogens is 2. The molecule has 0 radical (unpaired) electrons. The van der Waals surface area contributed by atoms with Crippen molar-refractivity contribution < 1.29 is 9.53 Å². The summed E-state index contributed by atoms with van der Waals surface area (Å²) in [5.41, 5.74) is 4.40. The van der Waals surface area contributed by atoms with Gasteiger partial charge in [-0.2, -0.15) is 5.10 Å². The number of benzene rings is 3. The summed E-state index contributed by atoms with van der Waals surface area (Å²) >= 11 is 10.5. The first kappa shape index (κ1) is 24.3. The van der Waals surface area contributed by atoms with Crippen molar-refractivity contribution >= 4 is 58.6 Å². The average Bonchev–Trinajstić information content (AvgIpc) is 3.31. The molecule has 4 rings (SSSR count). The molecule has 0 spiro atoms. The van der Waals surface area contributed by atoms with Crippen molar-refractivity contribution in [1.29, 1.82) is 0 Å². The molecule has 6 nitrogen and oxygen atoms in total. The number of halogens is 1. The summed E-state index contributed by atoms with van der Waals surface area (Å²) in [6.07, 6.45) is 1.58. The molecule has 0 fully saturated rings. The van der Waals surface area contributed by atoms with E-state index in [4.69, 9.17) is 16.3 Å². The predicted molar refractivity (Wildman–Crippen MR) is 140 cm³/mol. The van der Waals surface area contributed by atoms with Gasteiger partial charge in [-0.25, -0.2) is 5.43 Å². The van der Waals surface area contributed by atoms with E-state index in [9.17, 15) is 4.79 Å². The lowest BCUT2D eigenvalue weighted by Crippen LogP contribution is -2.19. The van der Waals surface area contributed by atoms with E-state index in [0.29, 0.717) is 11.5 Å². The zero-order chi connectivity index (χ0) is 23.6. The third-order valence-electron chi connectivity index (χ3n) is 4.26. The van der Waals surface area contributed by atoms with Gasteiger partial charge in [0.15, 0.2) is 8.68 Å². The van der Waals surface area contributed by atoms with Crippen LogP contribution in [0.25, 0.3) is 0 Å². The van der Waals surface area contributed by atoms with E-state index < -0.39 is 0 Å². The highest BCUT2D eigenvalue weighted by atomic mass is 35.5. The van der Waals surface area contributed by atoms with Crippen LogP contribution in [-0.2, 0) is 10.5 Å². The summed E-state index contributed by atoms with van der Waals surface area (Å²) in [5.74, 6) is 2.13. The van der Waals surface area contributed by atoms with Gasteiger partial charge in [0.1, 0.15) is 11.5 Å². The third kappa shape index (κ3) is 7.59. The Balaban J connectivity index is 1.21. The molecule has 172 valence electrons. The molecular weight excluding hydrogens is 508 g/mol. The first-order valence-corrected chi connectivity index (χ1v) is 13.3. The largest absolute Gasteiger partial charge is 0.457 e. The van der Waals surface area contributed by atoms with E-state index in [-0.39, 0.29) is 11.7 Å². The Morgan fingerprint density at radius 2 is 1.71 bits per heavy atom. The normalized spacial score (nSPS) is 11.0. The van der Waals surface area contributed by atoms with Crippen LogP contribution in [0.15, 0.2) is 92.6 Å². The minimum Gasteiger partial charge on any atom is -0.457 e. The maximum Gasteiger partial charge on any atom is 0.250 e. The van der Waals surface area contributed by atoms with Crippen molar-refractivity contribution in [2.45, 2.75) is 14.4 Å². The van der Waals surface area contributed by atoms with Gasteiger partial charge in [-0.1, -0.05) is 95.0 Å². The van der Waals surface area contributed by atoms with Gasteiger partial charge in [-0.05, 0) is 41.5 Å². The van der Waals surface area contributed by atoms with Gasteiger partial charge in [-0.15, -0.1) is 10.2 Å². The number of hydrogen-bond acceptors (Lipinski definition) is 8. The number of para-hydroxylation sites is 1. The number of carbonyl (C=O) groups is 1. The van der Waals surface area contributed by atoms with Crippen LogP contribution in [0.1, 0.15) is 11.1 Å². The second-order valence-corrected chi connectivity index (χ2v) is 10.6. The fourth-order valence-electron chi connectivity index (χ4n) is 2.69. The topological polar surface area (TPSA) is 76.5 Å². The minimum atomic E-state index is -0.224. The molecule has 1 amide bonds. The van der Waals surface area contributed by atoms with E-state index in [2.05, 4.69) is 20.7 Å². The van der Waals surface area contributed by atoms with E-state index in [1.807, 2.05) is 78.9 Å². The molecule has 4 aromatic rings. The van der Waals surface area contributed by atoms with E-state index in [1.165, 1.54) is 23.1 Å². The Labute approximate surface area is 214 Å². The smallest absolute Gasteiger partial charge is 0.250 e. The number of ether oxygens (including phenoxy) is 1. The van der Waals surface area contributed by atoms with Crippen molar-refractivity contribution in [3.63, 3.8) is 0 Å². The highest BCUT2D eigenvalue weighted by molar-refractivity contribution is 8.03. The summed E-state index contributed by atoms with van der Waals surface area (Å²) in [5, 5.41) is 13.1. The van der Waals surface area contributed by atoms with Crippen molar-refractivity contribution in [3.8, 4) is 11.5 Å². The molecule has 0 atom stereocenters. The fraction of sp³-hybridized carbons (Fsp3) is 0.0833. The third-order valence-corrected chi connectivity index (χ3v) is 7.87. The lowest BCUT2D eigenvalue weighted by atomic mass is 10.2. The van der Waals surface area contributed by atoms with Crippen LogP contribution < -0.4 is 10.2 Å². The molecule has 0 unspecified atom stereocenters. The molecule has 1 heterocycles. The molecule has 1 aromatic heterocycles. The molecule has 34 heavy (non-hydrogen) atoms. The van der Waals surface area contributed by atoms with Gasteiger partial charge in [0.25, 0.3) is 5.91 Å². The number of thioether (sulfide) groups is 2. The van der Waals surface area contributed by atoms with E-state index in [1.54, 1.807) is 18.0 Å². The van der Waals surface area contributed by atoms with Crippen LogP contribution >= 0.6 is 46.5 Å². The summed E-state index contributed by atoms with van der Waals surface area (Å²) in [6.45, 7) is 0. The Kier molecular flexibility index (Phi) is 8.97. The molecule has 1 N–H and O–H groups in total. The van der Waals surface area contributed by atoms with Gasteiger partial charge >= 0.3 is 0 Å². The summed E-state index contributed by atoms with van der Waals surface area (Å²) in [4.78, 5) is 12.1. The number of nitrogens with one attached hydrogen (secondary N) is 1. The Bertz CT molecular complexity index is 1270. The monoisotopic (exact) mass is 526 g/mol. The number of hydrazone groups is 1. The molecule has 0 saturated heterocycles. The Morgan fingerprint density at radius 1 is 0.971 bits per heavy atom. The quantitative estimate of drug-likeness (QED) is 0.144. The summed E-state index contributed by atoms with van der Waals surface area (Å²) in [7, 11) is 0. The summed E-state index contributed by atoms with van der Waals surface area (Å²) < 4.78 is 7.37. The van der Waals surface area contributed by atoms with Gasteiger partial charge in [-0.3, -0.25) is 4.79 Å². The molecule has 0 saturated carbocycles. The highest BCUT2D eigenvalue weighted by Gasteiger charge is 2.09. The van der Waals surface area contributed by atoms with Crippen LogP contribution in [0, 0.1) is 0 Å². The van der Waals surface area contributed by atoms with Crippen LogP contribution in [0.2, 0.25) is 5.02 Å². The maximum atomic E-state index is 12.1. The minimum absolute atomic E-state index is 0.193. The molecule has 3 aromatic carbocycles. The summed E-state index contributed by atoms with van der Waals surface area (Å²) in [6, 6.07) is 24.7. The molecule has 0 aliphatic heterocycles. The molecular formula is C24H19ClN4O2S3. The maximum absolute atomic E-state index is 12.1. The van der Waals surface area contributed by atoms with Gasteiger partial charge in [0, 0.05) is 10.8 Å². The van der Waals surface area contributed by atoms with Crippen LogP contribution in [0.4, 0.5) is 0 Å². The number of rotatable bonds is 10. The van der Waals surface area contributed by atoms with Gasteiger partial charge in [0.2, 0.25) is 0 Å². The van der Waals surface area contributed by atoms with Crippen LogP contribution in [-0.4, -0.2) is 28.1 Å². The zero-order valence-electron chi connectivity index (χ0n) is 17.8. The number of carbonyl (C=O) groups excluding carboxylic acids is 1. The Morgan fingerprint density at radius 3 is 2.53 bits per heavy atom. The number of nitrogens with zero attached hydrogens (tertiary/aromatic N) is 3. The predicted octanol–water partition coefficient (Wildman–Crippen LogP) is 6.52. The number of amides is 1. The van der Waals surface area contributed by atoms with Crippen LogP contribution in [0.5, 0.6) is 11.5 Å². The van der Waals surface area contributed by atoms with Crippen molar-refractivity contribution in [1.82, 2.24) is 15.6 Å². The SMILES string of the molecule is O=C(CSc1nnc(SCc2ccccc2Cl)s1)NN=Cc1cccc(Oc2ccccc2)c1. The first-order chi connectivity index (χ1) is 16.7. The molecule has 0 aliphatic rings.